The number of nitrogens with one attached hydrogen (secondary N) is 2. The summed E-state index contributed by atoms with van der Waals surface area (Å²) in [5.74, 6) is 0. The molecule has 1 aromatic rings. The van der Waals surface area contributed by atoms with Crippen molar-refractivity contribution in [1.29, 1.82) is 0 Å². The summed E-state index contributed by atoms with van der Waals surface area (Å²) in [5, 5.41) is 13.9. The predicted octanol–water partition coefficient (Wildman–Crippen LogP) is 2.40. The van der Waals surface area contributed by atoms with Crippen molar-refractivity contribution in [3.8, 4) is 0 Å². The fourth-order valence-electron chi connectivity index (χ4n) is 3.61. The normalized spacial score (nSPS) is 27.2. The second-order valence-electron chi connectivity index (χ2n) is 5.51. The number of amides is 2. The number of carbonyl (C=O) groups is 1. The van der Waals surface area contributed by atoms with Gasteiger partial charge in [0.15, 0.2) is 0 Å². The van der Waals surface area contributed by atoms with Gasteiger partial charge in [0.25, 0.3) is 0 Å². The zero-order valence-electron chi connectivity index (χ0n) is 11.6. The van der Waals surface area contributed by atoms with E-state index < -0.39 is 0 Å². The molecule has 2 aliphatic carbocycles. The minimum Gasteiger partial charge on any atom is -0.378 e. The van der Waals surface area contributed by atoms with Crippen molar-refractivity contribution in [2.24, 2.45) is 5.41 Å². The molecule has 1 spiro atoms. The molecular weight excluding hydrogens is 276 g/mol. The molecule has 0 unspecified atom stereocenters. The van der Waals surface area contributed by atoms with Crippen LogP contribution in [0, 0.1) is 5.41 Å². The Morgan fingerprint density at radius 3 is 3.00 bits per heavy atom. The van der Waals surface area contributed by atoms with Gasteiger partial charge in [-0.1, -0.05) is 24.2 Å². The number of ether oxygens (including phenoxy) is 1. The van der Waals surface area contributed by atoms with E-state index >= 15 is 0 Å². The molecule has 1 aromatic heterocycles. The summed E-state index contributed by atoms with van der Waals surface area (Å²) in [6.45, 7) is 2.78. The lowest BCUT2D eigenvalue weighted by Crippen LogP contribution is -2.64. The Labute approximate surface area is 122 Å². The van der Waals surface area contributed by atoms with Crippen LogP contribution in [0.4, 0.5) is 9.93 Å². The smallest absolute Gasteiger partial charge is 0.321 e. The van der Waals surface area contributed by atoms with Crippen LogP contribution in [-0.2, 0) is 4.74 Å². The van der Waals surface area contributed by atoms with Crippen molar-refractivity contribution in [3.05, 3.63) is 5.51 Å². The zero-order valence-corrected chi connectivity index (χ0v) is 12.4. The van der Waals surface area contributed by atoms with E-state index in [2.05, 4.69) is 20.8 Å². The van der Waals surface area contributed by atoms with Gasteiger partial charge >= 0.3 is 6.03 Å². The second-order valence-corrected chi connectivity index (χ2v) is 6.35. The van der Waals surface area contributed by atoms with Crippen LogP contribution in [0.1, 0.15) is 39.0 Å². The van der Waals surface area contributed by atoms with E-state index in [1.165, 1.54) is 24.2 Å². The molecule has 7 heteroatoms. The zero-order chi connectivity index (χ0) is 14.0. The van der Waals surface area contributed by atoms with Crippen molar-refractivity contribution in [3.63, 3.8) is 0 Å². The summed E-state index contributed by atoms with van der Waals surface area (Å²) in [5.41, 5.74) is 1.76. The molecule has 0 bridgehead atoms. The summed E-state index contributed by atoms with van der Waals surface area (Å²) in [6, 6.07) is 0.0300. The van der Waals surface area contributed by atoms with E-state index in [-0.39, 0.29) is 17.5 Å². The summed E-state index contributed by atoms with van der Waals surface area (Å²) in [4.78, 5) is 12.0. The van der Waals surface area contributed by atoms with Gasteiger partial charge in [0, 0.05) is 18.1 Å². The molecule has 3 rings (SSSR count). The first-order valence-corrected chi connectivity index (χ1v) is 8.08. The van der Waals surface area contributed by atoms with Crippen LogP contribution in [0.25, 0.3) is 0 Å². The van der Waals surface area contributed by atoms with Gasteiger partial charge in [0.05, 0.1) is 6.10 Å². The lowest BCUT2D eigenvalue weighted by atomic mass is 9.60. The van der Waals surface area contributed by atoms with Gasteiger partial charge in [-0.25, -0.2) is 4.79 Å². The summed E-state index contributed by atoms with van der Waals surface area (Å²) in [7, 11) is 0. The Morgan fingerprint density at radius 1 is 1.55 bits per heavy atom. The molecule has 0 aliphatic heterocycles. The lowest BCUT2D eigenvalue weighted by molar-refractivity contribution is -0.126. The molecule has 1 heterocycles. The van der Waals surface area contributed by atoms with E-state index in [4.69, 9.17) is 4.74 Å². The fourth-order valence-corrected chi connectivity index (χ4v) is 4.05. The fraction of sp³-hybridized carbons (Fsp3) is 0.769. The molecular formula is C13H20N4O2S. The standard InChI is InChI=1S/C13H20N4O2S/c1-2-19-10-7-9(13(10)5-3-4-6-13)15-11(18)16-12-17-14-8-20-12/h8-10H,2-7H2,1H3,(H2,15,16,17,18)/t9-,10-/m0/s1. The number of carbonyl (C=O) groups excluding carboxylic acids is 1. The number of rotatable bonds is 4. The van der Waals surface area contributed by atoms with Crippen molar-refractivity contribution in [2.45, 2.75) is 51.2 Å². The minimum absolute atomic E-state index is 0.161. The van der Waals surface area contributed by atoms with Gasteiger partial charge in [-0.3, -0.25) is 5.32 Å². The third-order valence-corrected chi connectivity index (χ3v) is 5.18. The summed E-state index contributed by atoms with van der Waals surface area (Å²) < 4.78 is 5.84. The number of nitrogens with zero attached hydrogens (tertiary/aromatic N) is 2. The van der Waals surface area contributed by atoms with E-state index in [9.17, 15) is 4.79 Å². The third kappa shape index (κ3) is 2.40. The van der Waals surface area contributed by atoms with E-state index in [0.29, 0.717) is 11.2 Å². The molecule has 6 nitrogen and oxygen atoms in total. The van der Waals surface area contributed by atoms with Gasteiger partial charge in [0.2, 0.25) is 5.13 Å². The van der Waals surface area contributed by atoms with Gasteiger partial charge in [-0.15, -0.1) is 10.2 Å². The van der Waals surface area contributed by atoms with Crippen LogP contribution in [0.2, 0.25) is 0 Å². The molecule has 2 amide bonds. The summed E-state index contributed by atoms with van der Waals surface area (Å²) >= 11 is 1.32. The first kappa shape index (κ1) is 13.8. The maximum atomic E-state index is 12.0. The number of hydrogen-bond donors (Lipinski definition) is 2. The van der Waals surface area contributed by atoms with E-state index in [1.807, 2.05) is 6.92 Å². The summed E-state index contributed by atoms with van der Waals surface area (Å²) in [6.07, 6.45) is 6.00. The molecule has 0 aromatic carbocycles. The second kappa shape index (κ2) is 5.65. The number of hydrogen-bond acceptors (Lipinski definition) is 5. The highest BCUT2D eigenvalue weighted by Gasteiger charge is 2.57. The Hall–Kier alpha value is -1.21. The van der Waals surface area contributed by atoms with Gasteiger partial charge in [-0.2, -0.15) is 0 Å². The molecule has 0 radical (unpaired) electrons. The predicted molar refractivity (Wildman–Crippen MR) is 76.8 cm³/mol. The highest BCUT2D eigenvalue weighted by molar-refractivity contribution is 7.13. The van der Waals surface area contributed by atoms with Crippen molar-refractivity contribution >= 4 is 22.5 Å². The average molecular weight is 296 g/mol. The highest BCUT2D eigenvalue weighted by Crippen LogP contribution is 2.54. The van der Waals surface area contributed by atoms with Crippen LogP contribution in [0.3, 0.4) is 0 Å². The third-order valence-electron chi connectivity index (χ3n) is 4.57. The Balaban J connectivity index is 1.59. The van der Waals surface area contributed by atoms with Gasteiger partial charge in [0.1, 0.15) is 5.51 Å². The van der Waals surface area contributed by atoms with Crippen LogP contribution in [-0.4, -0.2) is 35.0 Å². The molecule has 0 saturated heterocycles. The van der Waals surface area contributed by atoms with Gasteiger partial charge < -0.3 is 10.1 Å². The molecule has 2 atom stereocenters. The molecule has 2 N–H and O–H groups in total. The van der Waals surface area contributed by atoms with Crippen molar-refractivity contribution in [1.82, 2.24) is 15.5 Å². The van der Waals surface area contributed by atoms with Crippen LogP contribution in [0.15, 0.2) is 5.51 Å². The van der Waals surface area contributed by atoms with Gasteiger partial charge in [-0.05, 0) is 26.2 Å². The number of urea groups is 1. The topological polar surface area (TPSA) is 76.1 Å². The SMILES string of the molecule is CCO[C@H]1C[C@H](NC(=O)Nc2nncs2)C12CCCC2. The monoisotopic (exact) mass is 296 g/mol. The van der Waals surface area contributed by atoms with Crippen molar-refractivity contribution in [2.75, 3.05) is 11.9 Å². The maximum absolute atomic E-state index is 12.0. The number of aromatic nitrogens is 2. The molecule has 20 heavy (non-hydrogen) atoms. The average Bonchev–Trinajstić information content (AvgIpc) is 3.09. The Morgan fingerprint density at radius 2 is 2.35 bits per heavy atom. The largest absolute Gasteiger partial charge is 0.378 e. The molecule has 2 fully saturated rings. The minimum atomic E-state index is -0.187. The molecule has 2 saturated carbocycles. The quantitative estimate of drug-likeness (QED) is 0.894. The van der Waals surface area contributed by atoms with E-state index in [0.717, 1.165) is 25.9 Å². The Bertz CT molecular complexity index is 459. The van der Waals surface area contributed by atoms with Crippen LogP contribution >= 0.6 is 11.3 Å². The molecule has 110 valence electrons. The highest BCUT2D eigenvalue weighted by atomic mass is 32.1. The first-order chi connectivity index (χ1) is 9.74. The van der Waals surface area contributed by atoms with E-state index in [1.54, 1.807) is 5.51 Å². The van der Waals surface area contributed by atoms with Crippen molar-refractivity contribution < 1.29 is 9.53 Å². The number of anilines is 1. The first-order valence-electron chi connectivity index (χ1n) is 7.20. The lowest BCUT2D eigenvalue weighted by Gasteiger charge is -2.53. The maximum Gasteiger partial charge on any atom is 0.321 e. The van der Waals surface area contributed by atoms with Crippen LogP contribution in [0.5, 0.6) is 0 Å². The van der Waals surface area contributed by atoms with Crippen LogP contribution < -0.4 is 10.6 Å². The molecule has 2 aliphatic rings. The Kier molecular flexibility index (Phi) is 3.89.